The Hall–Kier alpha value is -2.67. The van der Waals surface area contributed by atoms with Gasteiger partial charge in [-0.25, -0.2) is 0 Å². The van der Waals surface area contributed by atoms with Gasteiger partial charge in [0, 0.05) is 6.54 Å². The van der Waals surface area contributed by atoms with Crippen molar-refractivity contribution in [3.05, 3.63) is 71.8 Å². The smallest absolute Gasteiger partial charge is 0.238 e. The Morgan fingerprint density at radius 1 is 1.09 bits per heavy atom. The number of aromatic nitrogens is 4. The van der Waals surface area contributed by atoms with Gasteiger partial charge in [-0.2, -0.15) is 5.21 Å². The molecule has 0 bridgehead atoms. The maximum atomic E-state index is 12.6. The van der Waals surface area contributed by atoms with Gasteiger partial charge >= 0.3 is 0 Å². The van der Waals surface area contributed by atoms with Gasteiger partial charge in [-0.3, -0.25) is 4.79 Å². The molecular formula is C16H15N5OS. The molecule has 1 atom stereocenters. The third kappa shape index (κ3) is 4.17. The Balaban J connectivity index is 1.73. The summed E-state index contributed by atoms with van der Waals surface area (Å²) in [4.78, 5) is 12.6. The van der Waals surface area contributed by atoms with E-state index < -0.39 is 5.25 Å². The van der Waals surface area contributed by atoms with Gasteiger partial charge in [0.2, 0.25) is 11.1 Å². The third-order valence-corrected chi connectivity index (χ3v) is 4.30. The number of thioether (sulfide) groups is 1. The summed E-state index contributed by atoms with van der Waals surface area (Å²) in [6.07, 6.45) is 0. The highest BCUT2D eigenvalue weighted by Gasteiger charge is 2.23. The zero-order chi connectivity index (χ0) is 15.9. The van der Waals surface area contributed by atoms with Crippen molar-refractivity contribution in [2.75, 3.05) is 0 Å². The maximum Gasteiger partial charge on any atom is 0.238 e. The van der Waals surface area contributed by atoms with Crippen LogP contribution in [0.25, 0.3) is 0 Å². The molecule has 1 unspecified atom stereocenters. The fourth-order valence-corrected chi connectivity index (χ4v) is 2.96. The highest BCUT2D eigenvalue weighted by Crippen LogP contribution is 2.32. The lowest BCUT2D eigenvalue weighted by atomic mass is 10.1. The molecule has 3 aromatic rings. The number of benzene rings is 2. The van der Waals surface area contributed by atoms with Gasteiger partial charge in [-0.1, -0.05) is 72.4 Å². The Kier molecular flexibility index (Phi) is 5.00. The SMILES string of the molecule is O=C(NCc1ccccc1)C(Sc1nn[nH]n1)c1ccccc1. The summed E-state index contributed by atoms with van der Waals surface area (Å²) in [5.74, 6) is -0.0881. The van der Waals surface area contributed by atoms with Crippen molar-refractivity contribution in [3.8, 4) is 0 Å². The monoisotopic (exact) mass is 325 g/mol. The first kappa shape index (κ1) is 15.2. The number of amides is 1. The van der Waals surface area contributed by atoms with Gasteiger partial charge in [0.15, 0.2) is 0 Å². The van der Waals surface area contributed by atoms with Gasteiger partial charge in [0.05, 0.1) is 0 Å². The first-order valence-electron chi connectivity index (χ1n) is 7.09. The molecule has 23 heavy (non-hydrogen) atoms. The van der Waals surface area contributed by atoms with Crippen molar-refractivity contribution >= 4 is 17.7 Å². The van der Waals surface area contributed by atoms with E-state index in [1.165, 1.54) is 11.8 Å². The van der Waals surface area contributed by atoms with Gasteiger partial charge in [-0.15, -0.1) is 10.2 Å². The van der Waals surface area contributed by atoms with Crippen molar-refractivity contribution < 1.29 is 4.79 Å². The number of hydrogen-bond acceptors (Lipinski definition) is 5. The van der Waals surface area contributed by atoms with Crippen LogP contribution in [-0.2, 0) is 11.3 Å². The second-order valence-electron chi connectivity index (χ2n) is 4.81. The van der Waals surface area contributed by atoms with Crippen LogP contribution in [0.3, 0.4) is 0 Å². The van der Waals surface area contributed by atoms with Gasteiger partial charge < -0.3 is 5.32 Å². The summed E-state index contributed by atoms with van der Waals surface area (Å²) in [5, 5.41) is 16.7. The van der Waals surface area contributed by atoms with E-state index in [0.29, 0.717) is 11.7 Å². The number of nitrogens with zero attached hydrogens (tertiary/aromatic N) is 3. The lowest BCUT2D eigenvalue weighted by Gasteiger charge is -2.15. The van der Waals surface area contributed by atoms with Crippen molar-refractivity contribution in [1.82, 2.24) is 25.9 Å². The number of carbonyl (C=O) groups excluding carboxylic acids is 1. The Morgan fingerprint density at radius 2 is 1.78 bits per heavy atom. The zero-order valence-corrected chi connectivity index (χ0v) is 13.0. The summed E-state index contributed by atoms with van der Waals surface area (Å²) in [6.45, 7) is 0.482. The predicted molar refractivity (Wildman–Crippen MR) is 87.5 cm³/mol. The molecule has 0 radical (unpaired) electrons. The molecule has 0 saturated heterocycles. The van der Waals surface area contributed by atoms with E-state index in [2.05, 4.69) is 25.9 Å². The molecule has 6 nitrogen and oxygen atoms in total. The molecule has 0 aliphatic rings. The first-order chi connectivity index (χ1) is 11.3. The Labute approximate surface area is 137 Å². The first-order valence-corrected chi connectivity index (χ1v) is 7.97. The van der Waals surface area contributed by atoms with Crippen LogP contribution in [0.2, 0.25) is 0 Å². The minimum atomic E-state index is -0.433. The predicted octanol–water partition coefficient (Wildman–Crippen LogP) is 2.35. The van der Waals surface area contributed by atoms with Crippen LogP contribution in [0, 0.1) is 0 Å². The highest BCUT2D eigenvalue weighted by molar-refractivity contribution is 8.00. The number of rotatable bonds is 6. The van der Waals surface area contributed by atoms with E-state index in [1.807, 2.05) is 60.7 Å². The molecule has 3 rings (SSSR count). The Morgan fingerprint density at radius 3 is 2.43 bits per heavy atom. The van der Waals surface area contributed by atoms with Crippen molar-refractivity contribution in [3.63, 3.8) is 0 Å². The van der Waals surface area contributed by atoms with Gasteiger partial charge in [-0.05, 0) is 16.3 Å². The number of tetrazole rings is 1. The molecule has 116 valence electrons. The molecule has 1 aromatic heterocycles. The molecule has 1 amide bonds. The summed E-state index contributed by atoms with van der Waals surface area (Å²) in [7, 11) is 0. The van der Waals surface area contributed by atoms with Crippen LogP contribution < -0.4 is 5.32 Å². The second-order valence-corrected chi connectivity index (χ2v) is 5.88. The van der Waals surface area contributed by atoms with E-state index in [-0.39, 0.29) is 5.91 Å². The number of hydrogen-bond donors (Lipinski definition) is 2. The maximum absolute atomic E-state index is 12.6. The van der Waals surface area contributed by atoms with Gasteiger partial charge in [0.1, 0.15) is 5.25 Å². The van der Waals surface area contributed by atoms with Crippen LogP contribution in [0.1, 0.15) is 16.4 Å². The standard InChI is InChI=1S/C16H15N5OS/c22-15(17-11-12-7-3-1-4-8-12)14(13-9-5-2-6-10-13)23-16-18-20-21-19-16/h1-10,14H,11H2,(H,17,22)(H,18,19,20,21). The van der Waals surface area contributed by atoms with Crippen LogP contribution in [0.4, 0.5) is 0 Å². The van der Waals surface area contributed by atoms with Crippen LogP contribution in [0.15, 0.2) is 65.8 Å². The molecule has 0 aliphatic heterocycles. The molecule has 2 N–H and O–H groups in total. The molecule has 0 aliphatic carbocycles. The summed E-state index contributed by atoms with van der Waals surface area (Å²) in [6, 6.07) is 19.4. The lowest BCUT2D eigenvalue weighted by molar-refractivity contribution is -0.120. The van der Waals surface area contributed by atoms with Gasteiger partial charge in [0.25, 0.3) is 0 Å². The zero-order valence-electron chi connectivity index (χ0n) is 12.2. The summed E-state index contributed by atoms with van der Waals surface area (Å²) < 4.78 is 0. The van der Waals surface area contributed by atoms with Crippen LogP contribution in [0.5, 0.6) is 0 Å². The summed E-state index contributed by atoms with van der Waals surface area (Å²) in [5.41, 5.74) is 1.95. The van der Waals surface area contributed by atoms with Crippen molar-refractivity contribution in [2.24, 2.45) is 0 Å². The normalized spacial score (nSPS) is 11.8. The molecule has 0 spiro atoms. The molecule has 2 aromatic carbocycles. The molecule has 7 heteroatoms. The van der Waals surface area contributed by atoms with Crippen LogP contribution in [-0.4, -0.2) is 26.5 Å². The molecule has 0 fully saturated rings. The van der Waals surface area contributed by atoms with E-state index in [0.717, 1.165) is 11.1 Å². The number of nitrogens with one attached hydrogen (secondary N) is 2. The topological polar surface area (TPSA) is 83.6 Å². The fraction of sp³-hybridized carbons (Fsp3) is 0.125. The minimum Gasteiger partial charge on any atom is -0.351 e. The average Bonchev–Trinajstić information content (AvgIpc) is 3.12. The lowest BCUT2D eigenvalue weighted by Crippen LogP contribution is -2.27. The van der Waals surface area contributed by atoms with Crippen LogP contribution >= 0.6 is 11.8 Å². The summed E-state index contributed by atoms with van der Waals surface area (Å²) >= 11 is 1.26. The highest BCUT2D eigenvalue weighted by atomic mass is 32.2. The molecular weight excluding hydrogens is 310 g/mol. The quantitative estimate of drug-likeness (QED) is 0.680. The second kappa shape index (κ2) is 7.55. The van der Waals surface area contributed by atoms with E-state index >= 15 is 0 Å². The number of carbonyl (C=O) groups is 1. The van der Waals surface area contributed by atoms with Crippen molar-refractivity contribution in [1.29, 1.82) is 0 Å². The molecule has 1 heterocycles. The number of aromatic amines is 1. The van der Waals surface area contributed by atoms with E-state index in [9.17, 15) is 4.79 Å². The minimum absolute atomic E-state index is 0.0881. The molecule has 0 saturated carbocycles. The largest absolute Gasteiger partial charge is 0.351 e. The van der Waals surface area contributed by atoms with E-state index in [1.54, 1.807) is 0 Å². The fourth-order valence-electron chi connectivity index (χ4n) is 2.09. The number of H-pyrrole nitrogens is 1. The average molecular weight is 325 g/mol. The third-order valence-electron chi connectivity index (χ3n) is 3.20. The van der Waals surface area contributed by atoms with Crippen molar-refractivity contribution in [2.45, 2.75) is 17.0 Å². The van der Waals surface area contributed by atoms with E-state index in [4.69, 9.17) is 0 Å². The Bertz CT molecular complexity index is 734.